The van der Waals surface area contributed by atoms with Crippen molar-refractivity contribution in [2.45, 2.75) is 20.3 Å². The molecule has 0 bridgehead atoms. The van der Waals surface area contributed by atoms with E-state index in [4.69, 9.17) is 0 Å². The molecule has 2 aromatic carbocycles. The lowest BCUT2D eigenvalue weighted by atomic mass is 10.1. The Morgan fingerprint density at radius 2 is 1.54 bits per heavy atom. The van der Waals surface area contributed by atoms with E-state index in [-0.39, 0.29) is 0 Å². The number of aryl methyl sites for hydroxylation is 2. The second kappa shape index (κ2) is 7.59. The Hall–Kier alpha value is -2.88. The number of rotatable bonds is 6. The van der Waals surface area contributed by atoms with Gasteiger partial charge in [0.2, 0.25) is 0 Å². The van der Waals surface area contributed by atoms with E-state index in [1.165, 1.54) is 16.7 Å². The average Bonchev–Trinajstić information content (AvgIpc) is 2.60. The summed E-state index contributed by atoms with van der Waals surface area (Å²) in [5, 5.41) is 6.76. The van der Waals surface area contributed by atoms with Gasteiger partial charge in [-0.1, -0.05) is 48.5 Å². The number of aromatic nitrogens is 2. The minimum absolute atomic E-state index is 0.796. The molecule has 0 spiro atoms. The maximum atomic E-state index is 4.32. The summed E-state index contributed by atoms with van der Waals surface area (Å²) >= 11 is 0. The molecule has 24 heavy (non-hydrogen) atoms. The summed E-state index contributed by atoms with van der Waals surface area (Å²) in [6, 6.07) is 18.6. The molecule has 1 aromatic heterocycles. The first-order valence-electron chi connectivity index (χ1n) is 8.15. The summed E-state index contributed by atoms with van der Waals surface area (Å²) in [6.45, 7) is 5.02. The van der Waals surface area contributed by atoms with Crippen molar-refractivity contribution in [3.8, 4) is 0 Å². The van der Waals surface area contributed by atoms with Crippen LogP contribution in [0.1, 0.15) is 16.7 Å². The standard InChI is InChI=1S/C20H22N4/c1-15-7-6-8-16(2)20(15)24-19-13-18(22-14-23-19)21-12-11-17-9-4-3-5-10-17/h3-10,13-14H,11-12H2,1-2H3,(H2,21,22,23,24). The third-order valence-electron chi connectivity index (χ3n) is 3.96. The van der Waals surface area contributed by atoms with E-state index in [2.05, 4.69) is 76.9 Å². The molecule has 2 N–H and O–H groups in total. The molecule has 0 fully saturated rings. The fourth-order valence-electron chi connectivity index (χ4n) is 2.64. The second-order valence-corrected chi connectivity index (χ2v) is 5.84. The fraction of sp³-hybridized carbons (Fsp3) is 0.200. The largest absolute Gasteiger partial charge is 0.370 e. The predicted molar refractivity (Wildman–Crippen MR) is 99.9 cm³/mol. The van der Waals surface area contributed by atoms with E-state index >= 15 is 0 Å². The highest BCUT2D eigenvalue weighted by molar-refractivity contribution is 5.65. The van der Waals surface area contributed by atoms with Crippen LogP contribution in [0.15, 0.2) is 60.9 Å². The molecular formula is C20H22N4. The van der Waals surface area contributed by atoms with Gasteiger partial charge in [-0.05, 0) is 37.0 Å². The Morgan fingerprint density at radius 3 is 2.29 bits per heavy atom. The molecule has 3 aromatic rings. The molecule has 4 nitrogen and oxygen atoms in total. The first-order valence-corrected chi connectivity index (χ1v) is 8.15. The molecule has 1 heterocycles. The lowest BCUT2D eigenvalue weighted by molar-refractivity contribution is 1.000. The summed E-state index contributed by atoms with van der Waals surface area (Å²) in [5.74, 6) is 1.62. The third kappa shape index (κ3) is 4.10. The van der Waals surface area contributed by atoms with Crippen LogP contribution < -0.4 is 10.6 Å². The minimum atomic E-state index is 0.796. The Labute approximate surface area is 143 Å². The van der Waals surface area contributed by atoms with Crippen LogP contribution >= 0.6 is 0 Å². The number of para-hydroxylation sites is 1. The number of nitrogens with one attached hydrogen (secondary N) is 2. The molecule has 4 heteroatoms. The third-order valence-corrected chi connectivity index (χ3v) is 3.96. The second-order valence-electron chi connectivity index (χ2n) is 5.84. The van der Waals surface area contributed by atoms with E-state index in [1.807, 2.05) is 12.1 Å². The Balaban J connectivity index is 1.64. The maximum absolute atomic E-state index is 4.32. The molecule has 0 aliphatic heterocycles. The zero-order valence-corrected chi connectivity index (χ0v) is 14.1. The van der Waals surface area contributed by atoms with Gasteiger partial charge in [-0.15, -0.1) is 0 Å². The van der Waals surface area contributed by atoms with E-state index in [0.29, 0.717) is 0 Å². The zero-order valence-electron chi connectivity index (χ0n) is 14.1. The van der Waals surface area contributed by atoms with Gasteiger partial charge in [-0.3, -0.25) is 0 Å². The van der Waals surface area contributed by atoms with Crippen molar-refractivity contribution in [1.29, 1.82) is 0 Å². The van der Waals surface area contributed by atoms with Gasteiger partial charge in [0.05, 0.1) is 0 Å². The normalized spacial score (nSPS) is 10.4. The first kappa shape index (κ1) is 16.0. The first-order chi connectivity index (χ1) is 11.7. The van der Waals surface area contributed by atoms with Crippen molar-refractivity contribution in [3.63, 3.8) is 0 Å². The smallest absolute Gasteiger partial charge is 0.135 e. The van der Waals surface area contributed by atoms with E-state index in [9.17, 15) is 0 Å². The van der Waals surface area contributed by atoms with E-state index in [1.54, 1.807) is 6.33 Å². The molecule has 0 aliphatic carbocycles. The molecular weight excluding hydrogens is 296 g/mol. The monoisotopic (exact) mass is 318 g/mol. The summed E-state index contributed by atoms with van der Waals surface area (Å²) in [5.41, 5.74) is 4.82. The maximum Gasteiger partial charge on any atom is 0.135 e. The number of nitrogens with zero attached hydrogens (tertiary/aromatic N) is 2. The van der Waals surface area contributed by atoms with E-state index in [0.717, 1.165) is 30.3 Å². The molecule has 3 rings (SSSR count). The van der Waals surface area contributed by atoms with Crippen LogP contribution in [0.2, 0.25) is 0 Å². The average molecular weight is 318 g/mol. The van der Waals surface area contributed by atoms with Gasteiger partial charge in [0.15, 0.2) is 0 Å². The highest BCUT2D eigenvalue weighted by Crippen LogP contribution is 2.23. The van der Waals surface area contributed by atoms with Gasteiger partial charge >= 0.3 is 0 Å². The summed E-state index contributed by atoms with van der Waals surface area (Å²) < 4.78 is 0. The summed E-state index contributed by atoms with van der Waals surface area (Å²) in [6.07, 6.45) is 2.55. The van der Waals surface area contributed by atoms with Crippen LogP contribution in [0.3, 0.4) is 0 Å². The van der Waals surface area contributed by atoms with E-state index < -0.39 is 0 Å². The number of anilines is 3. The minimum Gasteiger partial charge on any atom is -0.370 e. The SMILES string of the molecule is Cc1cccc(C)c1Nc1cc(NCCc2ccccc2)ncn1. The molecule has 0 aliphatic rings. The lowest BCUT2D eigenvalue weighted by Gasteiger charge is -2.13. The Kier molecular flexibility index (Phi) is 5.06. The summed E-state index contributed by atoms with van der Waals surface area (Å²) in [4.78, 5) is 8.62. The van der Waals surface area contributed by atoms with Crippen LogP contribution in [0.4, 0.5) is 17.3 Å². The molecule has 0 amide bonds. The van der Waals surface area contributed by atoms with Crippen LogP contribution in [0, 0.1) is 13.8 Å². The van der Waals surface area contributed by atoms with Crippen LogP contribution in [0.5, 0.6) is 0 Å². The molecule has 0 atom stereocenters. The highest BCUT2D eigenvalue weighted by atomic mass is 15.1. The van der Waals surface area contributed by atoms with Gasteiger partial charge < -0.3 is 10.6 Å². The van der Waals surface area contributed by atoms with Crippen molar-refractivity contribution >= 4 is 17.3 Å². The zero-order chi connectivity index (χ0) is 16.8. The summed E-state index contributed by atoms with van der Waals surface area (Å²) in [7, 11) is 0. The van der Waals surface area contributed by atoms with Gasteiger partial charge in [0.25, 0.3) is 0 Å². The van der Waals surface area contributed by atoms with Gasteiger partial charge in [-0.25, -0.2) is 9.97 Å². The number of hydrogen-bond acceptors (Lipinski definition) is 4. The topological polar surface area (TPSA) is 49.8 Å². The van der Waals surface area contributed by atoms with Crippen molar-refractivity contribution < 1.29 is 0 Å². The van der Waals surface area contributed by atoms with Crippen LogP contribution in [-0.2, 0) is 6.42 Å². The van der Waals surface area contributed by atoms with Gasteiger partial charge in [-0.2, -0.15) is 0 Å². The van der Waals surface area contributed by atoms with Crippen molar-refractivity contribution in [3.05, 3.63) is 77.6 Å². The van der Waals surface area contributed by atoms with Crippen molar-refractivity contribution in [2.24, 2.45) is 0 Å². The van der Waals surface area contributed by atoms with Crippen molar-refractivity contribution in [2.75, 3.05) is 17.2 Å². The quantitative estimate of drug-likeness (QED) is 0.703. The fourth-order valence-corrected chi connectivity index (χ4v) is 2.64. The Bertz CT molecular complexity index is 779. The number of benzene rings is 2. The molecule has 0 saturated heterocycles. The molecule has 122 valence electrons. The number of hydrogen-bond donors (Lipinski definition) is 2. The van der Waals surface area contributed by atoms with Crippen LogP contribution in [0.25, 0.3) is 0 Å². The van der Waals surface area contributed by atoms with Gasteiger partial charge in [0, 0.05) is 18.3 Å². The molecule has 0 unspecified atom stereocenters. The predicted octanol–water partition coefficient (Wildman–Crippen LogP) is 4.49. The molecule has 0 saturated carbocycles. The van der Waals surface area contributed by atoms with Gasteiger partial charge in [0.1, 0.15) is 18.0 Å². The van der Waals surface area contributed by atoms with Crippen LogP contribution in [-0.4, -0.2) is 16.5 Å². The Morgan fingerprint density at radius 1 is 0.833 bits per heavy atom. The lowest BCUT2D eigenvalue weighted by Crippen LogP contribution is -2.07. The highest BCUT2D eigenvalue weighted by Gasteiger charge is 2.04. The van der Waals surface area contributed by atoms with Crippen molar-refractivity contribution in [1.82, 2.24) is 9.97 Å². The molecule has 0 radical (unpaired) electrons.